The van der Waals surface area contributed by atoms with Gasteiger partial charge < -0.3 is 20.3 Å². The van der Waals surface area contributed by atoms with Gasteiger partial charge in [0.25, 0.3) is 11.8 Å². The predicted octanol–water partition coefficient (Wildman–Crippen LogP) is 5.64. The second-order valence-electron chi connectivity index (χ2n) is 9.26. The molecule has 3 aromatic carbocycles. The Kier molecular flexibility index (Phi) is 10.5. The van der Waals surface area contributed by atoms with E-state index in [-0.39, 0.29) is 11.8 Å². The highest BCUT2D eigenvalue weighted by molar-refractivity contribution is 6.35. The lowest BCUT2D eigenvalue weighted by Crippen LogP contribution is -2.47. The number of amides is 2. The number of carbonyl (C=O) groups excluding carboxylic acids is 2. The molecule has 1 fully saturated rings. The second-order valence-corrected chi connectivity index (χ2v) is 10.5. The molecule has 0 unspecified atom stereocenters. The van der Waals surface area contributed by atoms with E-state index in [2.05, 4.69) is 20.4 Å². The third-order valence-corrected chi connectivity index (χ3v) is 7.44. The molecule has 2 amide bonds. The molecule has 1 aliphatic rings. The number of carbonyl (C=O) groups is 2. The summed E-state index contributed by atoms with van der Waals surface area (Å²) in [6.07, 6.45) is 0.561. The first-order chi connectivity index (χ1) is 18.8. The molecular formula is C29H31Cl3N4O3. The quantitative estimate of drug-likeness (QED) is 0.320. The highest BCUT2D eigenvalue weighted by atomic mass is 35.5. The number of anilines is 2. The zero-order valence-corrected chi connectivity index (χ0v) is 24.0. The molecular weight excluding hydrogens is 559 g/mol. The number of benzene rings is 3. The van der Waals surface area contributed by atoms with Gasteiger partial charge in [-0.2, -0.15) is 0 Å². The molecule has 1 heterocycles. The van der Waals surface area contributed by atoms with Gasteiger partial charge in [0.05, 0.1) is 18.0 Å². The van der Waals surface area contributed by atoms with E-state index in [1.807, 2.05) is 12.1 Å². The molecule has 206 valence electrons. The molecule has 1 aliphatic heterocycles. The van der Waals surface area contributed by atoms with E-state index in [1.165, 1.54) is 0 Å². The zero-order chi connectivity index (χ0) is 27.8. The van der Waals surface area contributed by atoms with Crippen LogP contribution in [0, 0.1) is 0 Å². The maximum absolute atomic E-state index is 13.1. The van der Waals surface area contributed by atoms with Crippen LogP contribution in [0.5, 0.6) is 0 Å². The monoisotopic (exact) mass is 588 g/mol. The summed E-state index contributed by atoms with van der Waals surface area (Å²) in [5.74, 6) is -0.540. The second kappa shape index (κ2) is 14.0. The largest absolute Gasteiger partial charge is 0.383 e. The number of ether oxygens (including phenoxy) is 1. The van der Waals surface area contributed by atoms with Gasteiger partial charge in [-0.1, -0.05) is 46.9 Å². The maximum atomic E-state index is 13.1. The third-order valence-electron chi connectivity index (χ3n) is 6.61. The molecule has 10 heteroatoms. The Hall–Kier alpha value is -2.81. The topological polar surface area (TPSA) is 73.9 Å². The Morgan fingerprint density at radius 2 is 1.62 bits per heavy atom. The summed E-state index contributed by atoms with van der Waals surface area (Å²) in [7, 11) is 1.70. The van der Waals surface area contributed by atoms with E-state index >= 15 is 0 Å². The number of piperazine rings is 1. The van der Waals surface area contributed by atoms with Crippen molar-refractivity contribution in [2.75, 3.05) is 63.2 Å². The lowest BCUT2D eigenvalue weighted by molar-refractivity contribution is 0.0952. The first-order valence-electron chi connectivity index (χ1n) is 12.7. The van der Waals surface area contributed by atoms with Crippen molar-refractivity contribution >= 4 is 58.0 Å². The minimum atomic E-state index is -0.299. The maximum Gasteiger partial charge on any atom is 0.255 e. The van der Waals surface area contributed by atoms with Gasteiger partial charge in [0, 0.05) is 72.6 Å². The van der Waals surface area contributed by atoms with E-state index in [0.717, 1.165) is 44.0 Å². The fourth-order valence-electron chi connectivity index (χ4n) is 4.45. The number of halogens is 3. The Morgan fingerprint density at radius 1 is 0.872 bits per heavy atom. The molecule has 0 aliphatic carbocycles. The normalized spacial score (nSPS) is 13.8. The van der Waals surface area contributed by atoms with Gasteiger partial charge >= 0.3 is 0 Å². The van der Waals surface area contributed by atoms with Crippen LogP contribution in [0.25, 0.3) is 0 Å². The van der Waals surface area contributed by atoms with Crippen molar-refractivity contribution in [3.8, 4) is 0 Å². The third kappa shape index (κ3) is 8.10. The van der Waals surface area contributed by atoms with Crippen molar-refractivity contribution in [2.24, 2.45) is 0 Å². The standard InChI is InChI=1S/C29H31Cl3N4O3/c1-39-16-15-35-11-13-36(14-12-35)27-8-6-22(18-26(27)34-29(38)21-3-2-4-23(30)17-21)28(37)33-10-9-20-5-7-24(31)19-25(20)32/h2-8,17-19H,9-16H2,1H3,(H,33,37)(H,34,38). The van der Waals surface area contributed by atoms with Crippen molar-refractivity contribution in [3.63, 3.8) is 0 Å². The molecule has 0 saturated carbocycles. The molecule has 4 rings (SSSR count). The minimum absolute atomic E-state index is 0.241. The van der Waals surface area contributed by atoms with Crippen molar-refractivity contribution in [3.05, 3.63) is 92.4 Å². The number of methoxy groups -OCH3 is 1. The summed E-state index contributed by atoms with van der Waals surface area (Å²) in [6.45, 7) is 5.29. The van der Waals surface area contributed by atoms with Crippen molar-refractivity contribution in [1.29, 1.82) is 0 Å². The van der Waals surface area contributed by atoms with Crippen molar-refractivity contribution in [1.82, 2.24) is 10.2 Å². The summed E-state index contributed by atoms with van der Waals surface area (Å²) in [6, 6.07) is 17.5. The van der Waals surface area contributed by atoms with Crippen LogP contribution in [-0.2, 0) is 11.2 Å². The molecule has 7 nitrogen and oxygen atoms in total. The SMILES string of the molecule is COCCN1CCN(c2ccc(C(=O)NCCc3ccc(Cl)cc3Cl)cc2NC(=O)c2cccc(Cl)c2)CC1. The molecule has 0 spiro atoms. The van der Waals surface area contributed by atoms with Gasteiger partial charge in [-0.25, -0.2) is 0 Å². The van der Waals surface area contributed by atoms with Gasteiger partial charge in [-0.15, -0.1) is 0 Å². The molecule has 0 atom stereocenters. The highest BCUT2D eigenvalue weighted by Crippen LogP contribution is 2.29. The van der Waals surface area contributed by atoms with Crippen LogP contribution in [0.15, 0.2) is 60.7 Å². The minimum Gasteiger partial charge on any atom is -0.383 e. The van der Waals surface area contributed by atoms with Crippen LogP contribution in [0.4, 0.5) is 11.4 Å². The van der Waals surface area contributed by atoms with Crippen LogP contribution in [-0.4, -0.2) is 69.7 Å². The van der Waals surface area contributed by atoms with Crippen LogP contribution in [0.3, 0.4) is 0 Å². The lowest BCUT2D eigenvalue weighted by Gasteiger charge is -2.37. The molecule has 0 aromatic heterocycles. The molecule has 3 aromatic rings. The fraction of sp³-hybridized carbons (Fsp3) is 0.310. The van der Waals surface area contributed by atoms with E-state index < -0.39 is 0 Å². The number of hydrogen-bond acceptors (Lipinski definition) is 5. The number of nitrogens with zero attached hydrogens (tertiary/aromatic N) is 2. The Bertz CT molecular complexity index is 1310. The van der Waals surface area contributed by atoms with E-state index in [0.29, 0.717) is 51.5 Å². The Morgan fingerprint density at radius 3 is 2.33 bits per heavy atom. The Balaban J connectivity index is 1.49. The van der Waals surface area contributed by atoms with Gasteiger partial charge in [0.2, 0.25) is 0 Å². The van der Waals surface area contributed by atoms with E-state index in [4.69, 9.17) is 39.5 Å². The van der Waals surface area contributed by atoms with Crippen molar-refractivity contribution < 1.29 is 14.3 Å². The molecule has 2 N–H and O–H groups in total. The summed E-state index contributed by atoms with van der Waals surface area (Å²) in [4.78, 5) is 30.7. The molecule has 0 bridgehead atoms. The number of hydrogen-bond donors (Lipinski definition) is 2. The van der Waals surface area contributed by atoms with E-state index in [1.54, 1.807) is 55.6 Å². The predicted molar refractivity (Wildman–Crippen MR) is 159 cm³/mol. The first kappa shape index (κ1) is 29.2. The van der Waals surface area contributed by atoms with Crippen LogP contribution in [0.1, 0.15) is 26.3 Å². The molecule has 39 heavy (non-hydrogen) atoms. The van der Waals surface area contributed by atoms with Gasteiger partial charge in [0.15, 0.2) is 0 Å². The fourth-order valence-corrected chi connectivity index (χ4v) is 5.14. The van der Waals surface area contributed by atoms with Crippen molar-refractivity contribution in [2.45, 2.75) is 6.42 Å². The summed E-state index contributed by atoms with van der Waals surface area (Å²) in [5.41, 5.74) is 3.21. The molecule has 1 saturated heterocycles. The van der Waals surface area contributed by atoms with Gasteiger partial charge in [-0.3, -0.25) is 14.5 Å². The zero-order valence-electron chi connectivity index (χ0n) is 21.7. The summed E-state index contributed by atoms with van der Waals surface area (Å²) < 4.78 is 5.21. The van der Waals surface area contributed by atoms with Crippen LogP contribution >= 0.6 is 34.8 Å². The number of rotatable bonds is 10. The van der Waals surface area contributed by atoms with Gasteiger partial charge in [0.1, 0.15) is 0 Å². The summed E-state index contributed by atoms with van der Waals surface area (Å²) in [5, 5.41) is 7.55. The van der Waals surface area contributed by atoms with E-state index in [9.17, 15) is 9.59 Å². The average Bonchev–Trinajstić information content (AvgIpc) is 2.93. The average molecular weight is 590 g/mol. The number of nitrogens with one attached hydrogen (secondary N) is 2. The lowest BCUT2D eigenvalue weighted by atomic mass is 10.1. The highest BCUT2D eigenvalue weighted by Gasteiger charge is 2.21. The van der Waals surface area contributed by atoms with Crippen LogP contribution in [0.2, 0.25) is 15.1 Å². The molecule has 0 radical (unpaired) electrons. The summed E-state index contributed by atoms with van der Waals surface area (Å²) >= 11 is 18.3. The smallest absolute Gasteiger partial charge is 0.255 e. The van der Waals surface area contributed by atoms with Gasteiger partial charge in [-0.05, 0) is 60.5 Å². The van der Waals surface area contributed by atoms with Crippen LogP contribution < -0.4 is 15.5 Å². The first-order valence-corrected chi connectivity index (χ1v) is 13.9. The Labute approximate surface area is 244 Å².